The molecule has 12 rings (SSSR count). The van der Waals surface area contributed by atoms with E-state index in [1.807, 2.05) is 22.7 Å². The van der Waals surface area contributed by atoms with Crippen LogP contribution >= 0.6 is 22.7 Å². The summed E-state index contributed by atoms with van der Waals surface area (Å²) in [4.78, 5) is 2.49. The molecule has 3 heteroatoms. The number of anilines is 3. The Balaban J connectivity index is 1.13. The van der Waals surface area contributed by atoms with Crippen molar-refractivity contribution < 1.29 is 0 Å². The molecule has 10 aromatic carbocycles. The third kappa shape index (κ3) is 5.66. The Hall–Kier alpha value is -7.04. The molecule has 0 aliphatic rings. The summed E-state index contributed by atoms with van der Waals surface area (Å²) in [7, 11) is 0. The Kier molecular flexibility index (Phi) is 7.97. The summed E-state index contributed by atoms with van der Waals surface area (Å²) in [5.41, 5.74) is 10.6. The summed E-state index contributed by atoms with van der Waals surface area (Å²) < 4.78 is 5.21. The average molecular weight is 786 g/mol. The molecule has 0 amide bonds. The maximum absolute atomic E-state index is 2.49. The monoisotopic (exact) mass is 785 g/mol. The van der Waals surface area contributed by atoms with E-state index >= 15 is 0 Å². The largest absolute Gasteiger partial charge is 0.310 e. The van der Waals surface area contributed by atoms with E-state index in [1.165, 1.54) is 95.3 Å². The van der Waals surface area contributed by atoms with E-state index in [9.17, 15) is 0 Å². The summed E-state index contributed by atoms with van der Waals surface area (Å²) in [5.74, 6) is 0. The van der Waals surface area contributed by atoms with Gasteiger partial charge in [0.2, 0.25) is 0 Å². The molecule has 0 saturated carbocycles. The molecule has 2 heterocycles. The van der Waals surface area contributed by atoms with Crippen LogP contribution in [0.3, 0.4) is 0 Å². The summed E-state index contributed by atoms with van der Waals surface area (Å²) in [6.45, 7) is 0. The second-order valence-electron chi connectivity index (χ2n) is 15.2. The van der Waals surface area contributed by atoms with Gasteiger partial charge in [-0.1, -0.05) is 164 Å². The minimum Gasteiger partial charge on any atom is -0.310 e. The number of benzene rings is 10. The van der Waals surface area contributed by atoms with Crippen LogP contribution in [0.1, 0.15) is 0 Å². The van der Waals surface area contributed by atoms with E-state index in [4.69, 9.17) is 0 Å². The highest BCUT2D eigenvalue weighted by molar-refractivity contribution is 7.26. The molecule has 0 saturated heterocycles. The molecule has 0 bridgehead atoms. The maximum atomic E-state index is 2.49. The smallest absolute Gasteiger partial charge is 0.0546 e. The normalized spacial score (nSPS) is 11.7. The van der Waals surface area contributed by atoms with Crippen molar-refractivity contribution in [1.82, 2.24) is 0 Å². The number of hydrogen-bond acceptors (Lipinski definition) is 3. The van der Waals surface area contributed by atoms with Crippen molar-refractivity contribution in [3.63, 3.8) is 0 Å². The van der Waals surface area contributed by atoms with Gasteiger partial charge in [0.15, 0.2) is 0 Å². The minimum atomic E-state index is 1.11. The zero-order valence-electron chi connectivity index (χ0n) is 32.0. The molecule has 0 unspecified atom stereocenters. The van der Waals surface area contributed by atoms with Gasteiger partial charge in [0.1, 0.15) is 0 Å². The second-order valence-corrected chi connectivity index (χ2v) is 17.4. The van der Waals surface area contributed by atoms with E-state index < -0.39 is 0 Å². The van der Waals surface area contributed by atoms with Crippen LogP contribution < -0.4 is 4.90 Å². The zero-order valence-corrected chi connectivity index (χ0v) is 33.6. The Morgan fingerprint density at radius 1 is 0.288 bits per heavy atom. The van der Waals surface area contributed by atoms with Crippen LogP contribution in [0.5, 0.6) is 0 Å². The first-order valence-electron chi connectivity index (χ1n) is 20.1. The molecule has 12 aromatic rings. The predicted molar refractivity (Wildman–Crippen MR) is 258 cm³/mol. The molecule has 0 N–H and O–H groups in total. The van der Waals surface area contributed by atoms with Crippen LogP contribution in [-0.2, 0) is 0 Å². The molecule has 1 nitrogen and oxygen atoms in total. The maximum Gasteiger partial charge on any atom is 0.0546 e. The van der Waals surface area contributed by atoms with Gasteiger partial charge in [0.25, 0.3) is 0 Å². The number of hydrogen-bond donors (Lipinski definition) is 0. The molecule has 0 radical (unpaired) electrons. The Morgan fingerprint density at radius 3 is 1.75 bits per heavy atom. The van der Waals surface area contributed by atoms with Crippen LogP contribution in [-0.4, -0.2) is 0 Å². The second kappa shape index (κ2) is 13.8. The van der Waals surface area contributed by atoms with Gasteiger partial charge in [0.05, 0.1) is 5.69 Å². The van der Waals surface area contributed by atoms with Gasteiger partial charge in [-0.15, -0.1) is 22.7 Å². The first-order chi connectivity index (χ1) is 29.2. The van der Waals surface area contributed by atoms with Gasteiger partial charge in [-0.25, -0.2) is 0 Å². The fraction of sp³-hybridized carbons (Fsp3) is 0. The molecule has 2 aromatic heterocycles. The van der Waals surface area contributed by atoms with Crippen molar-refractivity contribution >= 4 is 102 Å². The molecular formula is C56H35NS2. The van der Waals surface area contributed by atoms with Crippen LogP contribution in [0.15, 0.2) is 212 Å². The number of fused-ring (bicyclic) bond motifs is 9. The Labute approximate surface area is 350 Å². The molecule has 59 heavy (non-hydrogen) atoms. The lowest BCUT2D eigenvalue weighted by atomic mass is 9.91. The van der Waals surface area contributed by atoms with Crippen molar-refractivity contribution in [3.8, 4) is 33.4 Å². The lowest BCUT2D eigenvalue weighted by molar-refractivity contribution is 1.29. The van der Waals surface area contributed by atoms with E-state index in [0.29, 0.717) is 0 Å². The van der Waals surface area contributed by atoms with Crippen LogP contribution in [0, 0.1) is 0 Å². The molecule has 0 fully saturated rings. The molecule has 0 aliphatic heterocycles. The summed E-state index contributed by atoms with van der Waals surface area (Å²) in [6.07, 6.45) is 0. The number of rotatable bonds is 6. The lowest BCUT2D eigenvalue weighted by Crippen LogP contribution is -2.11. The van der Waals surface area contributed by atoms with E-state index in [2.05, 4.69) is 217 Å². The Morgan fingerprint density at radius 2 is 0.898 bits per heavy atom. The predicted octanol–water partition coefficient (Wildman–Crippen LogP) is 17.2. The van der Waals surface area contributed by atoms with Gasteiger partial charge in [-0.2, -0.15) is 0 Å². The highest BCUT2D eigenvalue weighted by Crippen LogP contribution is 2.48. The number of nitrogens with zero attached hydrogens (tertiary/aromatic N) is 1. The third-order valence-corrected chi connectivity index (χ3v) is 14.2. The summed E-state index contributed by atoms with van der Waals surface area (Å²) in [6, 6.07) is 78.4. The van der Waals surface area contributed by atoms with Crippen molar-refractivity contribution in [1.29, 1.82) is 0 Å². The lowest BCUT2D eigenvalue weighted by Gasteiger charge is -2.29. The fourth-order valence-corrected chi connectivity index (χ4v) is 11.5. The molecular weight excluding hydrogens is 751 g/mol. The fourth-order valence-electron chi connectivity index (χ4n) is 9.11. The Bertz CT molecular complexity index is 3580. The van der Waals surface area contributed by atoms with Crippen LogP contribution in [0.25, 0.3) is 95.3 Å². The zero-order chi connectivity index (χ0) is 38.9. The first-order valence-corrected chi connectivity index (χ1v) is 21.7. The average Bonchev–Trinajstić information content (AvgIpc) is 3.87. The standard InChI is InChI=1S/C56H35NS2/c1-2-14-36(15-3-1)43-30-28-39(51-33-38-16-4-5-19-42(38)45-20-6-7-21-46(45)51)34-52(43)57(41-29-31-49-47-22-8-10-26-53(47)58-55(49)35-41)40-18-12-17-37(32-40)44-24-13-25-50-48-23-9-11-27-54(48)59-56(44)50/h1-35H. The molecule has 0 spiro atoms. The highest BCUT2D eigenvalue weighted by Gasteiger charge is 2.22. The van der Waals surface area contributed by atoms with Gasteiger partial charge in [-0.3, -0.25) is 0 Å². The minimum absolute atomic E-state index is 1.11. The summed E-state index contributed by atoms with van der Waals surface area (Å²) in [5, 5.41) is 10.3. The highest BCUT2D eigenvalue weighted by atomic mass is 32.1. The van der Waals surface area contributed by atoms with E-state index in [-0.39, 0.29) is 0 Å². The van der Waals surface area contributed by atoms with E-state index in [0.717, 1.165) is 17.1 Å². The molecule has 276 valence electrons. The number of thiophene rings is 2. The topological polar surface area (TPSA) is 3.24 Å². The van der Waals surface area contributed by atoms with Crippen molar-refractivity contribution in [3.05, 3.63) is 212 Å². The quantitative estimate of drug-likeness (QED) is 0.152. The van der Waals surface area contributed by atoms with E-state index in [1.54, 1.807) is 0 Å². The van der Waals surface area contributed by atoms with Gasteiger partial charge < -0.3 is 4.90 Å². The third-order valence-electron chi connectivity index (χ3n) is 11.8. The first kappa shape index (κ1) is 34.0. The summed E-state index contributed by atoms with van der Waals surface area (Å²) >= 11 is 3.75. The SMILES string of the molecule is c1ccc(-c2ccc(-c3cc4ccccc4c4ccccc34)cc2N(c2cccc(-c3cccc4c3sc3ccccc34)c2)c2ccc3c(c2)sc2ccccc23)cc1. The molecule has 0 aliphatic carbocycles. The van der Waals surface area contributed by atoms with Crippen molar-refractivity contribution in [2.24, 2.45) is 0 Å². The van der Waals surface area contributed by atoms with Crippen molar-refractivity contribution in [2.75, 3.05) is 4.90 Å². The van der Waals surface area contributed by atoms with Crippen LogP contribution in [0.4, 0.5) is 17.1 Å². The molecule has 0 atom stereocenters. The van der Waals surface area contributed by atoms with Crippen molar-refractivity contribution in [2.45, 2.75) is 0 Å². The van der Waals surface area contributed by atoms with Gasteiger partial charge >= 0.3 is 0 Å². The van der Waals surface area contributed by atoms with Gasteiger partial charge in [-0.05, 0) is 97.9 Å². The van der Waals surface area contributed by atoms with Crippen LogP contribution in [0.2, 0.25) is 0 Å². The van der Waals surface area contributed by atoms with Gasteiger partial charge in [0, 0.05) is 57.3 Å².